The number of hydrogen-bond donors (Lipinski definition) is 1. The van der Waals surface area contributed by atoms with Crippen LogP contribution in [0.1, 0.15) is 46.5 Å². The van der Waals surface area contributed by atoms with Gasteiger partial charge in [0.2, 0.25) is 5.91 Å². The molecule has 1 N–H and O–H groups in total. The van der Waals surface area contributed by atoms with Gasteiger partial charge in [-0.25, -0.2) is 0 Å². The Morgan fingerprint density at radius 3 is 2.29 bits per heavy atom. The second-order valence-electron chi connectivity index (χ2n) is 5.25. The van der Waals surface area contributed by atoms with E-state index in [0.29, 0.717) is 18.9 Å². The summed E-state index contributed by atoms with van der Waals surface area (Å²) in [6.45, 7) is 6.52. The fourth-order valence-electron chi connectivity index (χ4n) is 2.08. The summed E-state index contributed by atoms with van der Waals surface area (Å²) in [5, 5.41) is 8.61. The molecule has 0 radical (unpaired) electrons. The van der Waals surface area contributed by atoms with E-state index in [2.05, 4.69) is 0 Å². The molecule has 1 aliphatic carbocycles. The van der Waals surface area contributed by atoms with Gasteiger partial charge < -0.3 is 10.0 Å². The highest BCUT2D eigenvalue weighted by Gasteiger charge is 2.35. The Hall–Kier alpha value is -1.06. The average molecular weight is 241 g/mol. The highest BCUT2D eigenvalue weighted by molar-refractivity contribution is 5.79. The topological polar surface area (TPSA) is 57.6 Å². The zero-order valence-electron chi connectivity index (χ0n) is 11.0. The van der Waals surface area contributed by atoms with E-state index in [9.17, 15) is 9.59 Å². The van der Waals surface area contributed by atoms with Crippen LogP contribution in [-0.4, -0.2) is 34.5 Å². The van der Waals surface area contributed by atoms with Gasteiger partial charge in [0.15, 0.2) is 0 Å². The van der Waals surface area contributed by atoms with Crippen LogP contribution in [0.15, 0.2) is 0 Å². The van der Waals surface area contributed by atoms with Gasteiger partial charge in [0.05, 0.1) is 0 Å². The minimum absolute atomic E-state index is 0.0993. The van der Waals surface area contributed by atoms with Crippen LogP contribution in [0.4, 0.5) is 0 Å². The van der Waals surface area contributed by atoms with Crippen LogP contribution in [0.5, 0.6) is 0 Å². The molecule has 1 fully saturated rings. The van der Waals surface area contributed by atoms with Crippen LogP contribution in [-0.2, 0) is 9.59 Å². The van der Waals surface area contributed by atoms with Gasteiger partial charge in [-0.15, -0.1) is 0 Å². The number of carbonyl (C=O) groups excluding carboxylic acids is 1. The number of carboxylic acid groups (broad SMARTS) is 1. The molecule has 0 heterocycles. The normalized spacial score (nSPS) is 16.9. The molecule has 98 valence electrons. The summed E-state index contributed by atoms with van der Waals surface area (Å²) in [6, 6.07) is 0.150. The van der Waals surface area contributed by atoms with E-state index in [0.717, 1.165) is 12.8 Å². The number of nitrogens with zero attached hydrogens (tertiary/aromatic N) is 1. The monoisotopic (exact) mass is 241 g/mol. The summed E-state index contributed by atoms with van der Waals surface area (Å²) < 4.78 is 0. The molecule has 4 heteroatoms. The number of carboxylic acids is 1. The Kier molecular flexibility index (Phi) is 4.97. The predicted octanol–water partition coefficient (Wildman–Crippen LogP) is 2.13. The Morgan fingerprint density at radius 1 is 1.29 bits per heavy atom. The largest absolute Gasteiger partial charge is 0.481 e. The second-order valence-corrected chi connectivity index (χ2v) is 5.25. The fourth-order valence-corrected chi connectivity index (χ4v) is 2.08. The van der Waals surface area contributed by atoms with Gasteiger partial charge in [-0.2, -0.15) is 0 Å². The van der Waals surface area contributed by atoms with Crippen LogP contribution >= 0.6 is 0 Å². The van der Waals surface area contributed by atoms with Crippen molar-refractivity contribution in [3.63, 3.8) is 0 Å². The maximum atomic E-state index is 12.2. The van der Waals surface area contributed by atoms with E-state index in [1.54, 1.807) is 0 Å². The molecule has 1 saturated carbocycles. The first-order valence-corrected chi connectivity index (χ1v) is 6.45. The minimum atomic E-state index is -0.795. The molecular weight excluding hydrogens is 218 g/mol. The summed E-state index contributed by atoms with van der Waals surface area (Å²) in [6.07, 6.45) is 2.99. The van der Waals surface area contributed by atoms with Gasteiger partial charge in [-0.1, -0.05) is 6.92 Å². The third kappa shape index (κ3) is 4.36. The van der Waals surface area contributed by atoms with Gasteiger partial charge in [-0.3, -0.25) is 9.59 Å². The van der Waals surface area contributed by atoms with E-state index < -0.39 is 5.97 Å². The average Bonchev–Trinajstić information content (AvgIpc) is 3.05. The number of hydrogen-bond acceptors (Lipinski definition) is 2. The summed E-state index contributed by atoms with van der Waals surface area (Å²) in [5.41, 5.74) is 0. The molecule has 1 aliphatic rings. The number of aliphatic carboxylic acids is 1. The van der Waals surface area contributed by atoms with Crippen LogP contribution in [0.2, 0.25) is 0 Å². The Balaban J connectivity index is 2.46. The molecule has 1 unspecified atom stereocenters. The molecule has 0 aliphatic heterocycles. The standard InChI is InChI=1S/C13H23NO3/c1-9(2)14(8-4-5-12(15)16)13(17)10(3)11-6-7-11/h9-11H,4-8H2,1-3H3,(H,15,16). The Bertz CT molecular complexity index is 284. The SMILES string of the molecule is CC(C(=O)N(CCCC(=O)O)C(C)C)C1CC1. The van der Waals surface area contributed by atoms with Crippen LogP contribution in [0.25, 0.3) is 0 Å². The van der Waals surface area contributed by atoms with E-state index >= 15 is 0 Å². The van der Waals surface area contributed by atoms with Gasteiger partial charge >= 0.3 is 5.97 Å². The lowest BCUT2D eigenvalue weighted by molar-refractivity contribution is -0.140. The molecule has 0 aromatic rings. The summed E-state index contributed by atoms with van der Waals surface area (Å²) in [5.74, 6) is 0.0507. The Labute approximate surface area is 103 Å². The lowest BCUT2D eigenvalue weighted by Crippen LogP contribution is -2.41. The first kappa shape index (κ1) is 14.0. The van der Waals surface area contributed by atoms with Crippen LogP contribution < -0.4 is 0 Å². The van der Waals surface area contributed by atoms with Crippen molar-refractivity contribution in [2.24, 2.45) is 11.8 Å². The number of rotatable bonds is 7. The molecule has 1 amide bonds. The van der Waals surface area contributed by atoms with Crippen LogP contribution in [0.3, 0.4) is 0 Å². The van der Waals surface area contributed by atoms with E-state index in [1.807, 2.05) is 25.7 Å². The van der Waals surface area contributed by atoms with Crippen molar-refractivity contribution >= 4 is 11.9 Å². The third-order valence-electron chi connectivity index (χ3n) is 3.41. The van der Waals surface area contributed by atoms with Crippen molar-refractivity contribution in [2.45, 2.75) is 52.5 Å². The molecule has 1 atom stereocenters. The smallest absolute Gasteiger partial charge is 0.303 e. The quantitative estimate of drug-likeness (QED) is 0.743. The van der Waals surface area contributed by atoms with Gasteiger partial charge in [0.25, 0.3) is 0 Å². The van der Waals surface area contributed by atoms with Crippen molar-refractivity contribution in [3.8, 4) is 0 Å². The first-order chi connectivity index (χ1) is 7.93. The van der Waals surface area contributed by atoms with Gasteiger partial charge in [0.1, 0.15) is 0 Å². The summed E-state index contributed by atoms with van der Waals surface area (Å²) >= 11 is 0. The molecule has 17 heavy (non-hydrogen) atoms. The Morgan fingerprint density at radius 2 is 1.88 bits per heavy atom. The lowest BCUT2D eigenvalue weighted by Gasteiger charge is -2.29. The van der Waals surface area contributed by atoms with E-state index in [4.69, 9.17) is 5.11 Å². The molecular formula is C13H23NO3. The molecule has 0 aromatic heterocycles. The number of amides is 1. The van der Waals surface area contributed by atoms with Gasteiger partial charge in [-0.05, 0) is 39.0 Å². The number of carbonyl (C=O) groups is 2. The molecule has 0 bridgehead atoms. The molecule has 0 spiro atoms. The van der Waals surface area contributed by atoms with Crippen LogP contribution in [0, 0.1) is 11.8 Å². The highest BCUT2D eigenvalue weighted by Crippen LogP contribution is 2.37. The molecule has 1 rings (SSSR count). The van der Waals surface area contributed by atoms with Crippen molar-refractivity contribution in [1.29, 1.82) is 0 Å². The molecule has 4 nitrogen and oxygen atoms in total. The maximum Gasteiger partial charge on any atom is 0.303 e. The van der Waals surface area contributed by atoms with E-state index in [-0.39, 0.29) is 24.3 Å². The fraction of sp³-hybridized carbons (Fsp3) is 0.846. The zero-order valence-corrected chi connectivity index (χ0v) is 11.0. The minimum Gasteiger partial charge on any atom is -0.481 e. The molecule has 0 aromatic carbocycles. The van der Waals surface area contributed by atoms with Crippen molar-refractivity contribution in [2.75, 3.05) is 6.54 Å². The molecule has 0 saturated heterocycles. The lowest BCUT2D eigenvalue weighted by atomic mass is 10.0. The van der Waals surface area contributed by atoms with Crippen molar-refractivity contribution in [1.82, 2.24) is 4.90 Å². The summed E-state index contributed by atoms with van der Waals surface area (Å²) in [4.78, 5) is 24.5. The highest BCUT2D eigenvalue weighted by atomic mass is 16.4. The second kappa shape index (κ2) is 6.03. The third-order valence-corrected chi connectivity index (χ3v) is 3.41. The zero-order chi connectivity index (χ0) is 13.0. The van der Waals surface area contributed by atoms with Gasteiger partial charge in [0, 0.05) is 24.9 Å². The predicted molar refractivity (Wildman–Crippen MR) is 65.6 cm³/mol. The van der Waals surface area contributed by atoms with Crippen molar-refractivity contribution in [3.05, 3.63) is 0 Å². The van der Waals surface area contributed by atoms with E-state index in [1.165, 1.54) is 0 Å². The first-order valence-electron chi connectivity index (χ1n) is 6.45. The maximum absolute atomic E-state index is 12.2. The summed E-state index contributed by atoms with van der Waals surface area (Å²) in [7, 11) is 0. The van der Waals surface area contributed by atoms with Crippen molar-refractivity contribution < 1.29 is 14.7 Å².